The molecule has 26 heavy (non-hydrogen) atoms. The summed E-state index contributed by atoms with van der Waals surface area (Å²) >= 11 is 0. The minimum atomic E-state index is -2.83. The van der Waals surface area contributed by atoms with Gasteiger partial charge in [-0.1, -0.05) is 25.1 Å². The first-order valence-electron chi connectivity index (χ1n) is 9.42. The number of halogens is 2. The summed E-state index contributed by atoms with van der Waals surface area (Å²) < 4.78 is 29.6. The van der Waals surface area contributed by atoms with Crippen LogP contribution in [0.3, 0.4) is 0 Å². The molecule has 1 fully saturated rings. The standard InChI is InChI=1S/C19H30F2N4O/c1-3-11-25-12-9-16(10-13-25)24-19(22-4-2)23-14-15-7-5-6-8-17(15)26-18(20)21/h5-8,16,18H,3-4,9-14H2,1-2H3,(H2,22,23,24). The second-order valence-corrected chi connectivity index (χ2v) is 6.44. The fourth-order valence-electron chi connectivity index (χ4n) is 3.14. The molecule has 5 nitrogen and oxygen atoms in total. The normalized spacial score (nSPS) is 16.7. The van der Waals surface area contributed by atoms with Crippen LogP contribution < -0.4 is 15.4 Å². The van der Waals surface area contributed by atoms with Gasteiger partial charge in [-0.2, -0.15) is 8.78 Å². The van der Waals surface area contributed by atoms with Gasteiger partial charge in [0.05, 0.1) is 6.54 Å². The highest BCUT2D eigenvalue weighted by molar-refractivity contribution is 5.80. The molecule has 1 aliphatic heterocycles. The van der Waals surface area contributed by atoms with Crippen LogP contribution in [0.1, 0.15) is 38.7 Å². The average Bonchev–Trinajstić information content (AvgIpc) is 2.62. The highest BCUT2D eigenvalue weighted by Gasteiger charge is 2.19. The van der Waals surface area contributed by atoms with E-state index in [0.29, 0.717) is 17.6 Å². The lowest BCUT2D eigenvalue weighted by molar-refractivity contribution is -0.0504. The first-order valence-corrected chi connectivity index (χ1v) is 9.42. The van der Waals surface area contributed by atoms with E-state index in [1.807, 2.05) is 6.92 Å². The molecule has 1 aromatic rings. The predicted molar refractivity (Wildman–Crippen MR) is 101 cm³/mol. The molecule has 0 radical (unpaired) electrons. The van der Waals surface area contributed by atoms with Gasteiger partial charge in [-0.25, -0.2) is 4.99 Å². The maximum atomic E-state index is 12.5. The topological polar surface area (TPSA) is 48.9 Å². The van der Waals surface area contributed by atoms with Gasteiger partial charge in [0.2, 0.25) is 0 Å². The Morgan fingerprint density at radius 1 is 1.27 bits per heavy atom. The molecule has 0 saturated carbocycles. The van der Waals surface area contributed by atoms with Crippen LogP contribution in [-0.4, -0.2) is 49.7 Å². The monoisotopic (exact) mass is 368 g/mol. The molecule has 0 aliphatic carbocycles. The quantitative estimate of drug-likeness (QED) is 0.546. The molecule has 2 rings (SSSR count). The third kappa shape index (κ3) is 6.78. The number of benzene rings is 1. The first kappa shape index (κ1) is 20.4. The number of alkyl halides is 2. The molecule has 0 amide bonds. The van der Waals surface area contributed by atoms with Gasteiger partial charge < -0.3 is 20.3 Å². The molecular weight excluding hydrogens is 338 g/mol. The molecule has 1 heterocycles. The average molecular weight is 368 g/mol. The van der Waals surface area contributed by atoms with E-state index in [1.165, 1.54) is 6.42 Å². The third-order valence-electron chi connectivity index (χ3n) is 4.41. The van der Waals surface area contributed by atoms with Crippen molar-refractivity contribution in [2.75, 3.05) is 26.2 Å². The van der Waals surface area contributed by atoms with Crippen molar-refractivity contribution in [3.63, 3.8) is 0 Å². The Bertz CT molecular complexity index is 560. The second kappa shape index (κ2) is 11.0. The summed E-state index contributed by atoms with van der Waals surface area (Å²) in [5, 5.41) is 6.71. The van der Waals surface area contributed by atoms with Crippen molar-refractivity contribution >= 4 is 5.96 Å². The van der Waals surface area contributed by atoms with Crippen molar-refractivity contribution in [2.24, 2.45) is 4.99 Å². The molecule has 146 valence electrons. The summed E-state index contributed by atoms with van der Waals surface area (Å²) in [6, 6.07) is 7.16. The van der Waals surface area contributed by atoms with Gasteiger partial charge >= 0.3 is 6.61 Å². The summed E-state index contributed by atoms with van der Waals surface area (Å²) in [6.07, 6.45) is 3.34. The van der Waals surface area contributed by atoms with Crippen molar-refractivity contribution in [1.82, 2.24) is 15.5 Å². The van der Waals surface area contributed by atoms with Crippen LogP contribution in [0.25, 0.3) is 0 Å². The summed E-state index contributed by atoms with van der Waals surface area (Å²) in [6.45, 7) is 5.75. The molecule has 7 heteroatoms. The Morgan fingerprint density at radius 2 is 2.00 bits per heavy atom. The molecule has 1 saturated heterocycles. The molecule has 1 aromatic carbocycles. The van der Waals surface area contributed by atoms with Crippen molar-refractivity contribution in [1.29, 1.82) is 0 Å². The van der Waals surface area contributed by atoms with Gasteiger partial charge in [0.15, 0.2) is 5.96 Å². The van der Waals surface area contributed by atoms with E-state index in [4.69, 9.17) is 0 Å². The van der Waals surface area contributed by atoms with Gasteiger partial charge in [0, 0.05) is 31.2 Å². The molecule has 0 spiro atoms. The van der Waals surface area contributed by atoms with Crippen LogP contribution in [0.2, 0.25) is 0 Å². The van der Waals surface area contributed by atoms with E-state index < -0.39 is 6.61 Å². The molecule has 0 unspecified atom stereocenters. The van der Waals surface area contributed by atoms with Crippen LogP contribution in [0, 0.1) is 0 Å². The van der Waals surface area contributed by atoms with Gasteiger partial charge in [-0.05, 0) is 38.8 Å². The van der Waals surface area contributed by atoms with E-state index >= 15 is 0 Å². The van der Waals surface area contributed by atoms with Crippen molar-refractivity contribution < 1.29 is 13.5 Å². The molecular formula is C19H30F2N4O. The van der Waals surface area contributed by atoms with Gasteiger partial charge in [0.1, 0.15) is 5.75 Å². The lowest BCUT2D eigenvalue weighted by Crippen LogP contribution is -2.48. The van der Waals surface area contributed by atoms with Crippen LogP contribution in [0.15, 0.2) is 29.3 Å². The number of nitrogens with zero attached hydrogens (tertiary/aromatic N) is 2. The fraction of sp³-hybridized carbons (Fsp3) is 0.632. The number of para-hydroxylation sites is 1. The number of aliphatic imine (C=N–C) groups is 1. The van der Waals surface area contributed by atoms with E-state index in [9.17, 15) is 8.78 Å². The Balaban J connectivity index is 1.95. The minimum absolute atomic E-state index is 0.176. The molecule has 1 aliphatic rings. The van der Waals surface area contributed by atoms with Gasteiger partial charge in [-0.15, -0.1) is 0 Å². The smallest absolute Gasteiger partial charge is 0.387 e. The number of likely N-dealkylation sites (tertiary alicyclic amines) is 1. The SMILES string of the molecule is CCCN1CCC(NC(=NCc2ccccc2OC(F)F)NCC)CC1. The predicted octanol–water partition coefficient (Wildman–Crippen LogP) is 3.22. The number of piperidine rings is 1. The van der Waals surface area contributed by atoms with E-state index in [2.05, 4.69) is 32.2 Å². The zero-order chi connectivity index (χ0) is 18.8. The lowest BCUT2D eigenvalue weighted by atomic mass is 10.1. The summed E-state index contributed by atoms with van der Waals surface area (Å²) in [7, 11) is 0. The Morgan fingerprint density at radius 3 is 2.65 bits per heavy atom. The first-order chi connectivity index (χ1) is 12.6. The Hall–Kier alpha value is -1.89. The Kier molecular flexibility index (Phi) is 8.61. The maximum Gasteiger partial charge on any atom is 0.387 e. The molecule has 0 aromatic heterocycles. The maximum absolute atomic E-state index is 12.5. The van der Waals surface area contributed by atoms with Crippen LogP contribution in [0.4, 0.5) is 8.78 Å². The fourth-order valence-corrected chi connectivity index (χ4v) is 3.14. The zero-order valence-corrected chi connectivity index (χ0v) is 15.7. The summed E-state index contributed by atoms with van der Waals surface area (Å²) in [5.74, 6) is 0.892. The van der Waals surface area contributed by atoms with Crippen molar-refractivity contribution in [3.05, 3.63) is 29.8 Å². The summed E-state index contributed by atoms with van der Waals surface area (Å²) in [4.78, 5) is 7.04. The molecule has 0 bridgehead atoms. The second-order valence-electron chi connectivity index (χ2n) is 6.44. The van der Waals surface area contributed by atoms with Gasteiger partial charge in [-0.3, -0.25) is 0 Å². The third-order valence-corrected chi connectivity index (χ3v) is 4.41. The van der Waals surface area contributed by atoms with E-state index in [-0.39, 0.29) is 12.3 Å². The minimum Gasteiger partial charge on any atom is -0.434 e. The molecule has 0 atom stereocenters. The van der Waals surface area contributed by atoms with Gasteiger partial charge in [0.25, 0.3) is 0 Å². The highest BCUT2D eigenvalue weighted by atomic mass is 19.3. The number of ether oxygens (including phenoxy) is 1. The zero-order valence-electron chi connectivity index (χ0n) is 15.7. The number of rotatable bonds is 8. The Labute approximate surface area is 154 Å². The summed E-state index contributed by atoms with van der Waals surface area (Å²) in [5.41, 5.74) is 0.641. The lowest BCUT2D eigenvalue weighted by Gasteiger charge is -2.32. The van der Waals surface area contributed by atoms with Crippen LogP contribution in [-0.2, 0) is 6.54 Å². The van der Waals surface area contributed by atoms with E-state index in [1.54, 1.807) is 24.3 Å². The number of nitrogens with one attached hydrogen (secondary N) is 2. The molecule has 2 N–H and O–H groups in total. The highest BCUT2D eigenvalue weighted by Crippen LogP contribution is 2.21. The van der Waals surface area contributed by atoms with Crippen molar-refractivity contribution in [3.8, 4) is 5.75 Å². The van der Waals surface area contributed by atoms with Crippen molar-refractivity contribution in [2.45, 2.75) is 52.3 Å². The van der Waals surface area contributed by atoms with Crippen LogP contribution in [0.5, 0.6) is 5.75 Å². The number of hydrogen-bond donors (Lipinski definition) is 2. The largest absolute Gasteiger partial charge is 0.434 e. The number of guanidine groups is 1. The van der Waals surface area contributed by atoms with Crippen LogP contribution >= 0.6 is 0 Å². The van der Waals surface area contributed by atoms with E-state index in [0.717, 1.165) is 39.0 Å². The number of hydrogen-bond acceptors (Lipinski definition) is 3.